The number of carboxylic acids is 1. The van der Waals surface area contributed by atoms with Gasteiger partial charge in [-0.15, -0.1) is 0 Å². The van der Waals surface area contributed by atoms with Crippen LogP contribution in [0.4, 0.5) is 13.2 Å². The summed E-state index contributed by atoms with van der Waals surface area (Å²) in [6.07, 6.45) is -2.73. The van der Waals surface area contributed by atoms with Crippen molar-refractivity contribution in [2.75, 3.05) is 26.2 Å². The molecule has 8 heteroatoms. The minimum atomic E-state index is -4.28. The lowest BCUT2D eigenvalue weighted by Gasteiger charge is -2.35. The molecule has 0 aromatic heterocycles. The number of likely N-dealkylation sites (tertiary alicyclic amines) is 2. The topological polar surface area (TPSA) is 60.9 Å². The molecular weight excluding hydrogens is 289 g/mol. The molecule has 0 aromatic rings. The molecule has 2 aliphatic heterocycles. The number of alkyl halides is 3. The number of piperidine rings is 1. The summed E-state index contributed by atoms with van der Waals surface area (Å²) in [5.74, 6) is -2.85. The van der Waals surface area contributed by atoms with Crippen LogP contribution >= 0.6 is 0 Å². The lowest BCUT2D eigenvalue weighted by atomic mass is 9.97. The van der Waals surface area contributed by atoms with Crippen LogP contribution in [0.25, 0.3) is 0 Å². The number of nitrogens with zero attached hydrogens (tertiary/aromatic N) is 2. The van der Waals surface area contributed by atoms with E-state index in [9.17, 15) is 22.8 Å². The van der Waals surface area contributed by atoms with Crippen LogP contribution in [0, 0.1) is 5.92 Å². The van der Waals surface area contributed by atoms with Crippen LogP contribution in [-0.2, 0) is 9.59 Å². The first-order valence-electron chi connectivity index (χ1n) is 7.10. The number of rotatable bonds is 3. The standard InChI is InChI=1S/C13H19F3N2O3/c14-13(15,16)9-3-1-6-18(7-9)11(19)8-17-5-2-4-10(17)12(20)21/h9-10H,1-8H2,(H,20,21)/t9?,10-/m1/s1. The molecule has 2 atom stereocenters. The van der Waals surface area contributed by atoms with E-state index in [0.29, 0.717) is 32.4 Å². The minimum Gasteiger partial charge on any atom is -0.480 e. The van der Waals surface area contributed by atoms with Crippen molar-refractivity contribution in [3.05, 3.63) is 0 Å². The molecule has 21 heavy (non-hydrogen) atoms. The van der Waals surface area contributed by atoms with Gasteiger partial charge in [-0.05, 0) is 32.2 Å². The van der Waals surface area contributed by atoms with Gasteiger partial charge in [0.2, 0.25) is 5.91 Å². The summed E-state index contributed by atoms with van der Waals surface area (Å²) in [5.41, 5.74) is 0. The first kappa shape index (κ1) is 16.1. The lowest BCUT2D eigenvalue weighted by Crippen LogP contribution is -2.49. The summed E-state index contributed by atoms with van der Waals surface area (Å²) in [5, 5.41) is 9.04. The summed E-state index contributed by atoms with van der Waals surface area (Å²) in [4.78, 5) is 25.9. The average Bonchev–Trinajstić information content (AvgIpc) is 2.86. The first-order valence-corrected chi connectivity index (χ1v) is 7.10. The molecule has 2 fully saturated rings. The van der Waals surface area contributed by atoms with Crippen molar-refractivity contribution in [1.29, 1.82) is 0 Å². The maximum atomic E-state index is 12.7. The van der Waals surface area contributed by atoms with Gasteiger partial charge in [0, 0.05) is 13.1 Å². The number of carbonyl (C=O) groups excluding carboxylic acids is 1. The van der Waals surface area contributed by atoms with Gasteiger partial charge in [0.25, 0.3) is 0 Å². The Bertz CT molecular complexity index is 414. The highest BCUT2D eigenvalue weighted by atomic mass is 19.4. The number of aliphatic carboxylic acids is 1. The predicted octanol–water partition coefficient (Wildman–Crippen LogP) is 1.34. The van der Waals surface area contributed by atoms with Crippen molar-refractivity contribution < 1.29 is 27.9 Å². The fourth-order valence-corrected chi connectivity index (χ4v) is 3.04. The maximum Gasteiger partial charge on any atom is 0.393 e. The summed E-state index contributed by atoms with van der Waals surface area (Å²) >= 11 is 0. The number of carboxylic acid groups (broad SMARTS) is 1. The molecular formula is C13H19F3N2O3. The van der Waals surface area contributed by atoms with Crippen LogP contribution in [-0.4, -0.2) is 65.2 Å². The van der Waals surface area contributed by atoms with E-state index in [1.807, 2.05) is 0 Å². The average molecular weight is 308 g/mol. The molecule has 120 valence electrons. The smallest absolute Gasteiger partial charge is 0.393 e. The van der Waals surface area contributed by atoms with Crippen LogP contribution in [0.2, 0.25) is 0 Å². The van der Waals surface area contributed by atoms with E-state index >= 15 is 0 Å². The van der Waals surface area contributed by atoms with Crippen molar-refractivity contribution in [1.82, 2.24) is 9.80 Å². The van der Waals surface area contributed by atoms with Gasteiger partial charge >= 0.3 is 12.1 Å². The Hall–Kier alpha value is -1.31. The van der Waals surface area contributed by atoms with Crippen molar-refractivity contribution >= 4 is 11.9 Å². The lowest BCUT2D eigenvalue weighted by molar-refractivity contribution is -0.188. The second-order valence-electron chi connectivity index (χ2n) is 5.69. The van der Waals surface area contributed by atoms with Gasteiger partial charge in [-0.1, -0.05) is 0 Å². The van der Waals surface area contributed by atoms with Crippen molar-refractivity contribution in [2.45, 2.75) is 37.9 Å². The molecule has 2 heterocycles. The summed E-state index contributed by atoms with van der Waals surface area (Å²) in [7, 11) is 0. The largest absolute Gasteiger partial charge is 0.480 e. The zero-order chi connectivity index (χ0) is 15.6. The normalized spacial score (nSPS) is 27.9. The Morgan fingerprint density at radius 1 is 1.14 bits per heavy atom. The molecule has 0 radical (unpaired) electrons. The Morgan fingerprint density at radius 3 is 2.43 bits per heavy atom. The number of carbonyl (C=O) groups is 2. The second kappa shape index (κ2) is 6.21. The van der Waals surface area contributed by atoms with Crippen molar-refractivity contribution in [2.24, 2.45) is 5.92 Å². The fraction of sp³-hybridized carbons (Fsp3) is 0.846. The highest BCUT2D eigenvalue weighted by Gasteiger charge is 2.43. The quantitative estimate of drug-likeness (QED) is 0.854. The fourth-order valence-electron chi connectivity index (χ4n) is 3.04. The van der Waals surface area contributed by atoms with Crippen molar-refractivity contribution in [3.63, 3.8) is 0 Å². The van der Waals surface area contributed by atoms with E-state index in [1.54, 1.807) is 4.90 Å². The van der Waals surface area contributed by atoms with Crippen molar-refractivity contribution in [3.8, 4) is 0 Å². The Kier molecular flexibility index (Phi) is 4.75. The predicted molar refractivity (Wildman–Crippen MR) is 67.6 cm³/mol. The summed E-state index contributed by atoms with van der Waals surface area (Å²) in [6, 6.07) is -0.697. The SMILES string of the molecule is O=C(O)[C@H]1CCCN1CC(=O)N1CCCC(C(F)(F)F)C1. The Balaban J connectivity index is 1.92. The Labute approximate surface area is 120 Å². The van der Waals surface area contributed by atoms with Gasteiger partial charge in [-0.3, -0.25) is 14.5 Å². The van der Waals surface area contributed by atoms with E-state index in [-0.39, 0.29) is 19.5 Å². The van der Waals surface area contributed by atoms with Gasteiger partial charge in [0.15, 0.2) is 0 Å². The van der Waals surface area contributed by atoms with E-state index in [0.717, 1.165) is 0 Å². The first-order chi connectivity index (χ1) is 9.79. The van der Waals surface area contributed by atoms with Gasteiger partial charge in [0.1, 0.15) is 6.04 Å². The van der Waals surface area contributed by atoms with Gasteiger partial charge in [0.05, 0.1) is 12.5 Å². The Morgan fingerprint density at radius 2 is 1.81 bits per heavy atom. The minimum absolute atomic E-state index is 0.0503. The number of hydrogen-bond donors (Lipinski definition) is 1. The molecule has 1 amide bonds. The molecule has 0 saturated carbocycles. The number of amides is 1. The molecule has 1 unspecified atom stereocenters. The van der Waals surface area contributed by atoms with E-state index in [2.05, 4.69) is 0 Å². The summed E-state index contributed by atoms with van der Waals surface area (Å²) < 4.78 is 38.2. The van der Waals surface area contributed by atoms with Crippen LogP contribution in [0.5, 0.6) is 0 Å². The van der Waals surface area contributed by atoms with Gasteiger partial charge in [-0.25, -0.2) is 0 Å². The second-order valence-corrected chi connectivity index (χ2v) is 5.69. The highest BCUT2D eigenvalue weighted by Crippen LogP contribution is 2.33. The monoisotopic (exact) mass is 308 g/mol. The molecule has 0 bridgehead atoms. The molecule has 5 nitrogen and oxygen atoms in total. The van der Waals surface area contributed by atoms with Gasteiger partial charge in [-0.2, -0.15) is 13.2 Å². The maximum absolute atomic E-state index is 12.7. The molecule has 2 aliphatic rings. The third-order valence-electron chi connectivity index (χ3n) is 4.22. The number of hydrogen-bond acceptors (Lipinski definition) is 3. The highest BCUT2D eigenvalue weighted by molar-refractivity contribution is 5.80. The zero-order valence-electron chi connectivity index (χ0n) is 11.6. The third-order valence-corrected chi connectivity index (χ3v) is 4.22. The van der Waals surface area contributed by atoms with Gasteiger partial charge < -0.3 is 10.0 Å². The van der Waals surface area contributed by atoms with Crippen LogP contribution in [0.1, 0.15) is 25.7 Å². The zero-order valence-corrected chi connectivity index (χ0v) is 11.6. The van der Waals surface area contributed by atoms with E-state index < -0.39 is 30.0 Å². The van der Waals surface area contributed by atoms with E-state index in [4.69, 9.17) is 5.11 Å². The molecule has 2 saturated heterocycles. The van der Waals surface area contributed by atoms with Crippen LogP contribution in [0.15, 0.2) is 0 Å². The summed E-state index contributed by atoms with van der Waals surface area (Å²) in [6.45, 7) is 0.395. The van der Waals surface area contributed by atoms with E-state index in [1.165, 1.54) is 4.90 Å². The molecule has 2 rings (SSSR count). The molecule has 0 aromatic carbocycles. The molecule has 0 aliphatic carbocycles. The molecule has 0 spiro atoms. The molecule has 1 N–H and O–H groups in total. The van der Waals surface area contributed by atoms with Crippen LogP contribution in [0.3, 0.4) is 0 Å². The number of halogens is 3. The van der Waals surface area contributed by atoms with Crippen LogP contribution < -0.4 is 0 Å². The third kappa shape index (κ3) is 3.87.